The van der Waals surface area contributed by atoms with Crippen LogP contribution in [0.4, 0.5) is 5.69 Å². The molecule has 0 aliphatic carbocycles. The summed E-state index contributed by atoms with van der Waals surface area (Å²) in [7, 11) is 0. The molecule has 19 heavy (non-hydrogen) atoms. The monoisotopic (exact) mass is 254 g/mol. The summed E-state index contributed by atoms with van der Waals surface area (Å²) < 4.78 is 0. The van der Waals surface area contributed by atoms with Crippen molar-refractivity contribution >= 4 is 11.6 Å². The second-order valence-corrected chi connectivity index (χ2v) is 3.85. The number of carbonyl (C=O) groups is 1. The number of benzene rings is 1. The van der Waals surface area contributed by atoms with E-state index in [4.69, 9.17) is 10.5 Å². The third-order valence-electron chi connectivity index (χ3n) is 2.30. The molecule has 0 aromatic heterocycles. The van der Waals surface area contributed by atoms with Crippen LogP contribution in [0.15, 0.2) is 36.0 Å². The zero-order valence-electron chi connectivity index (χ0n) is 10.6. The smallest absolute Gasteiger partial charge is 0.267 e. The Bertz CT molecular complexity index is 546. The molecule has 5 heteroatoms. The lowest BCUT2D eigenvalue weighted by Gasteiger charge is -2.04. The summed E-state index contributed by atoms with van der Waals surface area (Å²) in [6, 6.07) is 11.1. The minimum absolute atomic E-state index is 0.0292. The maximum Gasteiger partial charge on any atom is 0.267 e. The van der Waals surface area contributed by atoms with Gasteiger partial charge in [0.1, 0.15) is 11.6 Å². The van der Waals surface area contributed by atoms with Gasteiger partial charge in [-0.15, -0.1) is 0 Å². The molecule has 0 saturated heterocycles. The van der Waals surface area contributed by atoms with Gasteiger partial charge in [-0.25, -0.2) is 0 Å². The fraction of sp³-hybridized carbons (Fsp3) is 0.214. The fourth-order valence-corrected chi connectivity index (χ4v) is 1.29. The van der Waals surface area contributed by atoms with Crippen molar-refractivity contribution < 1.29 is 4.79 Å². The Hall–Kier alpha value is -2.79. The number of hydrogen-bond acceptors (Lipinski definition) is 4. The van der Waals surface area contributed by atoms with E-state index < -0.39 is 5.91 Å². The van der Waals surface area contributed by atoms with E-state index in [0.29, 0.717) is 18.7 Å². The van der Waals surface area contributed by atoms with Crippen LogP contribution in [0.25, 0.3) is 0 Å². The van der Waals surface area contributed by atoms with Gasteiger partial charge >= 0.3 is 0 Å². The fourth-order valence-electron chi connectivity index (χ4n) is 1.29. The number of rotatable bonds is 5. The minimum Gasteiger partial charge on any atom is -0.389 e. The first-order chi connectivity index (χ1) is 9.17. The van der Waals surface area contributed by atoms with E-state index in [0.717, 1.165) is 5.56 Å². The standard InChI is InChI=1S/C14H14N4O/c1-11-3-5-13(6-4-11)18-14(19)12(9-16)10-17-8-2-7-15/h3-6,10,17H,2,8H2,1H3,(H,18,19)/b12-10-. The van der Waals surface area contributed by atoms with Crippen LogP contribution in [-0.2, 0) is 4.79 Å². The Morgan fingerprint density at radius 3 is 2.58 bits per heavy atom. The third kappa shape index (κ3) is 4.93. The van der Waals surface area contributed by atoms with Crippen molar-refractivity contribution in [2.24, 2.45) is 0 Å². The van der Waals surface area contributed by atoms with Crippen LogP contribution in [0, 0.1) is 29.6 Å². The highest BCUT2D eigenvalue weighted by Crippen LogP contribution is 2.09. The summed E-state index contributed by atoms with van der Waals surface area (Å²) >= 11 is 0. The highest BCUT2D eigenvalue weighted by Gasteiger charge is 2.08. The minimum atomic E-state index is -0.476. The number of nitrogens with zero attached hydrogens (tertiary/aromatic N) is 2. The molecule has 1 aromatic rings. The van der Waals surface area contributed by atoms with E-state index in [-0.39, 0.29) is 5.57 Å². The van der Waals surface area contributed by atoms with Crippen molar-refractivity contribution in [3.05, 3.63) is 41.6 Å². The van der Waals surface area contributed by atoms with Crippen molar-refractivity contribution in [2.45, 2.75) is 13.3 Å². The van der Waals surface area contributed by atoms with Crippen LogP contribution in [0.5, 0.6) is 0 Å². The molecule has 0 heterocycles. The van der Waals surface area contributed by atoms with Gasteiger partial charge in [-0.2, -0.15) is 10.5 Å². The summed E-state index contributed by atoms with van der Waals surface area (Å²) in [6.07, 6.45) is 1.63. The van der Waals surface area contributed by atoms with Crippen LogP contribution >= 0.6 is 0 Å². The maximum absolute atomic E-state index is 11.8. The number of nitrogens with one attached hydrogen (secondary N) is 2. The Morgan fingerprint density at radius 1 is 1.32 bits per heavy atom. The molecule has 2 N–H and O–H groups in total. The molecular formula is C14H14N4O. The van der Waals surface area contributed by atoms with Gasteiger partial charge in [-0.1, -0.05) is 17.7 Å². The van der Waals surface area contributed by atoms with E-state index in [9.17, 15) is 4.79 Å². The van der Waals surface area contributed by atoms with Gasteiger partial charge in [0.25, 0.3) is 5.91 Å². The average molecular weight is 254 g/mol. The molecule has 0 aliphatic rings. The van der Waals surface area contributed by atoms with Crippen molar-refractivity contribution in [2.75, 3.05) is 11.9 Å². The molecule has 1 amide bonds. The van der Waals surface area contributed by atoms with E-state index in [2.05, 4.69) is 10.6 Å². The van der Waals surface area contributed by atoms with Gasteiger partial charge < -0.3 is 10.6 Å². The van der Waals surface area contributed by atoms with Crippen LogP contribution < -0.4 is 10.6 Å². The summed E-state index contributed by atoms with van der Waals surface area (Å²) in [6.45, 7) is 2.35. The summed E-state index contributed by atoms with van der Waals surface area (Å²) in [5.41, 5.74) is 1.69. The third-order valence-corrected chi connectivity index (χ3v) is 2.30. The summed E-state index contributed by atoms with van der Waals surface area (Å²) in [5.74, 6) is -0.476. The van der Waals surface area contributed by atoms with Crippen molar-refractivity contribution in [1.29, 1.82) is 10.5 Å². The lowest BCUT2D eigenvalue weighted by molar-refractivity contribution is -0.112. The molecule has 0 saturated carbocycles. The van der Waals surface area contributed by atoms with Crippen LogP contribution in [0.1, 0.15) is 12.0 Å². The molecule has 0 atom stereocenters. The predicted octanol–water partition coefficient (Wildman–Crippen LogP) is 1.84. The first-order valence-corrected chi connectivity index (χ1v) is 5.76. The van der Waals surface area contributed by atoms with Gasteiger partial charge in [-0.05, 0) is 19.1 Å². The van der Waals surface area contributed by atoms with Gasteiger partial charge in [-0.3, -0.25) is 4.79 Å². The average Bonchev–Trinajstić information content (AvgIpc) is 2.41. The number of aryl methyl sites for hydroxylation is 1. The van der Waals surface area contributed by atoms with E-state index in [1.165, 1.54) is 6.20 Å². The van der Waals surface area contributed by atoms with Gasteiger partial charge in [0.2, 0.25) is 0 Å². The molecule has 96 valence electrons. The second kappa shape index (κ2) is 7.52. The summed E-state index contributed by atoms with van der Waals surface area (Å²) in [4.78, 5) is 11.8. The number of hydrogen-bond donors (Lipinski definition) is 2. The molecule has 0 unspecified atom stereocenters. The van der Waals surface area contributed by atoms with Crippen LogP contribution in [0.3, 0.4) is 0 Å². The Morgan fingerprint density at radius 2 is 2.00 bits per heavy atom. The Labute approximate surface area is 112 Å². The normalized spacial score (nSPS) is 10.2. The number of anilines is 1. The topological polar surface area (TPSA) is 88.7 Å². The molecule has 0 spiro atoms. The van der Waals surface area contributed by atoms with Crippen molar-refractivity contribution in [3.8, 4) is 12.1 Å². The lowest BCUT2D eigenvalue weighted by atomic mass is 10.2. The van der Waals surface area contributed by atoms with Gasteiger partial charge in [0.05, 0.1) is 12.5 Å². The van der Waals surface area contributed by atoms with Crippen molar-refractivity contribution in [1.82, 2.24) is 5.32 Å². The highest BCUT2D eigenvalue weighted by atomic mass is 16.1. The molecule has 5 nitrogen and oxygen atoms in total. The Kier molecular flexibility index (Phi) is 5.65. The first-order valence-electron chi connectivity index (χ1n) is 5.76. The zero-order chi connectivity index (χ0) is 14.1. The molecular weight excluding hydrogens is 240 g/mol. The largest absolute Gasteiger partial charge is 0.389 e. The van der Waals surface area contributed by atoms with E-state index in [1.807, 2.05) is 31.2 Å². The maximum atomic E-state index is 11.8. The predicted molar refractivity (Wildman–Crippen MR) is 71.7 cm³/mol. The van der Waals surface area contributed by atoms with Crippen molar-refractivity contribution in [3.63, 3.8) is 0 Å². The number of carbonyl (C=O) groups excluding carboxylic acids is 1. The molecule has 0 aliphatic heterocycles. The molecule has 0 fully saturated rings. The van der Waals surface area contributed by atoms with Gasteiger partial charge in [0.15, 0.2) is 0 Å². The molecule has 0 bridgehead atoms. The van der Waals surface area contributed by atoms with Crippen LogP contribution in [0.2, 0.25) is 0 Å². The zero-order valence-corrected chi connectivity index (χ0v) is 10.6. The molecule has 0 radical (unpaired) electrons. The number of amides is 1. The van der Waals surface area contributed by atoms with Gasteiger partial charge in [0, 0.05) is 18.4 Å². The van der Waals surface area contributed by atoms with Crippen LogP contribution in [-0.4, -0.2) is 12.5 Å². The highest BCUT2D eigenvalue weighted by molar-refractivity contribution is 6.06. The second-order valence-electron chi connectivity index (χ2n) is 3.85. The first kappa shape index (κ1) is 14.3. The SMILES string of the molecule is Cc1ccc(NC(=O)/C(C#N)=C\NCCC#N)cc1. The Balaban J connectivity index is 2.62. The van der Waals surface area contributed by atoms with E-state index >= 15 is 0 Å². The summed E-state index contributed by atoms with van der Waals surface area (Å²) in [5, 5.41) is 22.6. The molecule has 1 aromatic carbocycles. The van der Waals surface area contributed by atoms with E-state index in [1.54, 1.807) is 12.1 Å². The lowest BCUT2D eigenvalue weighted by Crippen LogP contribution is -2.17. The quantitative estimate of drug-likeness (QED) is 0.476. The number of nitriles is 2. The molecule has 1 rings (SSSR count).